The van der Waals surface area contributed by atoms with Crippen LogP contribution in [0.15, 0.2) is 0 Å². The molecule has 16 heavy (non-hydrogen) atoms. The highest BCUT2D eigenvalue weighted by molar-refractivity contribution is 5.80. The summed E-state index contributed by atoms with van der Waals surface area (Å²) in [5.74, 6) is 0.107. The van der Waals surface area contributed by atoms with E-state index in [4.69, 9.17) is 4.74 Å². The van der Waals surface area contributed by atoms with Gasteiger partial charge in [-0.1, -0.05) is 0 Å². The topological polar surface area (TPSA) is 41.6 Å². The highest BCUT2D eigenvalue weighted by Crippen LogP contribution is 2.10. The number of amides is 1. The van der Waals surface area contributed by atoms with Crippen molar-refractivity contribution in [3.8, 4) is 0 Å². The molecular formula is C12H24N2O2. The monoisotopic (exact) mass is 228 g/mol. The Morgan fingerprint density at radius 3 is 2.69 bits per heavy atom. The van der Waals surface area contributed by atoms with E-state index in [0.29, 0.717) is 0 Å². The van der Waals surface area contributed by atoms with Crippen molar-refractivity contribution in [1.29, 1.82) is 0 Å². The van der Waals surface area contributed by atoms with Crippen LogP contribution in [0.3, 0.4) is 0 Å². The number of hydrogen-bond donors (Lipinski definition) is 1. The van der Waals surface area contributed by atoms with Gasteiger partial charge in [0.2, 0.25) is 0 Å². The summed E-state index contributed by atoms with van der Waals surface area (Å²) in [6.45, 7) is 9.30. The number of carbonyl (C=O) groups excluding carboxylic acids is 1. The van der Waals surface area contributed by atoms with E-state index in [2.05, 4.69) is 5.32 Å². The van der Waals surface area contributed by atoms with E-state index in [0.717, 1.165) is 39.0 Å². The molecule has 0 aromatic carbocycles. The number of likely N-dealkylation sites (N-methyl/N-ethyl adjacent to an activating group) is 1. The van der Waals surface area contributed by atoms with Crippen molar-refractivity contribution < 1.29 is 9.53 Å². The van der Waals surface area contributed by atoms with Gasteiger partial charge in [0.15, 0.2) is 0 Å². The lowest BCUT2D eigenvalue weighted by Gasteiger charge is -2.28. The number of rotatable bonds is 5. The molecule has 0 spiro atoms. The van der Waals surface area contributed by atoms with E-state index in [9.17, 15) is 4.79 Å². The van der Waals surface area contributed by atoms with Crippen molar-refractivity contribution >= 4 is 5.91 Å². The van der Waals surface area contributed by atoms with Gasteiger partial charge in [0, 0.05) is 19.6 Å². The molecular weight excluding hydrogens is 204 g/mol. The van der Waals surface area contributed by atoms with Crippen LogP contribution < -0.4 is 5.32 Å². The summed E-state index contributed by atoms with van der Waals surface area (Å²) in [6, 6.07) is 0. The fourth-order valence-electron chi connectivity index (χ4n) is 2.08. The molecule has 1 amide bonds. The smallest absolute Gasteiger partial charge is 0.251 e. The highest BCUT2D eigenvalue weighted by atomic mass is 16.5. The van der Waals surface area contributed by atoms with Crippen molar-refractivity contribution in [2.45, 2.75) is 45.8 Å². The standard InChI is InChI=1S/C12H24N2O2/c1-4-14(5-2)12(15)10(3)16-11-7-6-8-13-9-11/h10-11,13H,4-9H2,1-3H3/t10?,11-/m0/s1. The zero-order chi connectivity index (χ0) is 12.0. The summed E-state index contributed by atoms with van der Waals surface area (Å²) in [5.41, 5.74) is 0. The lowest BCUT2D eigenvalue weighted by atomic mass is 10.1. The van der Waals surface area contributed by atoms with Gasteiger partial charge in [-0.05, 0) is 40.2 Å². The summed E-state index contributed by atoms with van der Waals surface area (Å²) in [7, 11) is 0. The van der Waals surface area contributed by atoms with Crippen LogP contribution in [0.1, 0.15) is 33.6 Å². The molecule has 4 nitrogen and oxygen atoms in total. The van der Waals surface area contributed by atoms with Crippen LogP contribution in [0, 0.1) is 0 Å². The van der Waals surface area contributed by atoms with Crippen molar-refractivity contribution in [1.82, 2.24) is 10.2 Å². The molecule has 0 aliphatic carbocycles. The Hall–Kier alpha value is -0.610. The van der Waals surface area contributed by atoms with Crippen LogP contribution in [0.2, 0.25) is 0 Å². The average Bonchev–Trinajstić information content (AvgIpc) is 2.31. The summed E-state index contributed by atoms with van der Waals surface area (Å²) < 4.78 is 5.78. The number of nitrogens with one attached hydrogen (secondary N) is 1. The van der Waals surface area contributed by atoms with Crippen LogP contribution in [0.25, 0.3) is 0 Å². The van der Waals surface area contributed by atoms with Crippen molar-refractivity contribution in [2.24, 2.45) is 0 Å². The van der Waals surface area contributed by atoms with Gasteiger partial charge in [-0.2, -0.15) is 0 Å². The van der Waals surface area contributed by atoms with E-state index in [1.807, 2.05) is 25.7 Å². The van der Waals surface area contributed by atoms with Crippen molar-refractivity contribution in [2.75, 3.05) is 26.2 Å². The Balaban J connectivity index is 2.37. The van der Waals surface area contributed by atoms with Crippen LogP contribution in [0.4, 0.5) is 0 Å². The molecule has 4 heteroatoms. The molecule has 1 heterocycles. The van der Waals surface area contributed by atoms with E-state index in [1.165, 1.54) is 0 Å². The molecule has 1 rings (SSSR count). The quantitative estimate of drug-likeness (QED) is 0.763. The second-order valence-electron chi connectivity index (χ2n) is 4.26. The minimum absolute atomic E-state index is 0.107. The second kappa shape index (κ2) is 6.86. The maximum atomic E-state index is 12.0. The Bertz CT molecular complexity index is 211. The predicted octanol–water partition coefficient (Wildman–Crippen LogP) is 1.01. The first kappa shape index (κ1) is 13.5. The molecule has 0 aromatic rings. The third-order valence-corrected chi connectivity index (χ3v) is 3.07. The Morgan fingerprint density at radius 2 is 2.19 bits per heavy atom. The summed E-state index contributed by atoms with van der Waals surface area (Å²) >= 11 is 0. The minimum atomic E-state index is -0.315. The number of piperidine rings is 1. The molecule has 94 valence electrons. The molecule has 1 fully saturated rings. The molecule has 0 bridgehead atoms. The van der Waals surface area contributed by atoms with Gasteiger partial charge < -0.3 is 15.0 Å². The van der Waals surface area contributed by atoms with Crippen LogP contribution in [-0.4, -0.2) is 49.2 Å². The fourth-order valence-corrected chi connectivity index (χ4v) is 2.08. The maximum Gasteiger partial charge on any atom is 0.251 e. The zero-order valence-corrected chi connectivity index (χ0v) is 10.7. The normalized spacial score (nSPS) is 22.8. The maximum absolute atomic E-state index is 12.0. The van der Waals surface area contributed by atoms with Crippen molar-refractivity contribution in [3.05, 3.63) is 0 Å². The second-order valence-corrected chi connectivity index (χ2v) is 4.26. The Morgan fingerprint density at radius 1 is 1.50 bits per heavy atom. The number of hydrogen-bond acceptors (Lipinski definition) is 3. The van der Waals surface area contributed by atoms with Gasteiger partial charge in [0.1, 0.15) is 6.10 Å². The van der Waals surface area contributed by atoms with Gasteiger partial charge >= 0.3 is 0 Å². The number of carbonyl (C=O) groups is 1. The average molecular weight is 228 g/mol. The van der Waals surface area contributed by atoms with Crippen LogP contribution in [0.5, 0.6) is 0 Å². The van der Waals surface area contributed by atoms with Gasteiger partial charge in [-0.15, -0.1) is 0 Å². The SMILES string of the molecule is CCN(CC)C(=O)C(C)O[C@H]1CCCNC1. The summed E-state index contributed by atoms with van der Waals surface area (Å²) in [4.78, 5) is 13.8. The van der Waals surface area contributed by atoms with Crippen molar-refractivity contribution in [3.63, 3.8) is 0 Å². The van der Waals surface area contributed by atoms with Crippen LogP contribution in [-0.2, 0) is 9.53 Å². The third-order valence-electron chi connectivity index (χ3n) is 3.07. The fraction of sp³-hybridized carbons (Fsp3) is 0.917. The molecule has 0 radical (unpaired) electrons. The number of nitrogens with zero attached hydrogens (tertiary/aromatic N) is 1. The Labute approximate surface area is 98.3 Å². The van der Waals surface area contributed by atoms with Gasteiger partial charge in [0.05, 0.1) is 6.10 Å². The van der Waals surface area contributed by atoms with Crippen LogP contribution >= 0.6 is 0 Å². The highest BCUT2D eigenvalue weighted by Gasteiger charge is 2.23. The zero-order valence-electron chi connectivity index (χ0n) is 10.7. The Kier molecular flexibility index (Phi) is 5.77. The first-order valence-electron chi connectivity index (χ1n) is 6.34. The van der Waals surface area contributed by atoms with E-state index >= 15 is 0 Å². The predicted molar refractivity (Wildman–Crippen MR) is 64.4 cm³/mol. The molecule has 0 aromatic heterocycles. The molecule has 1 aliphatic heterocycles. The molecule has 1 saturated heterocycles. The molecule has 1 N–H and O–H groups in total. The third kappa shape index (κ3) is 3.76. The lowest BCUT2D eigenvalue weighted by Crippen LogP contribution is -2.43. The van der Waals surface area contributed by atoms with Gasteiger partial charge in [-0.25, -0.2) is 0 Å². The molecule has 1 aliphatic rings. The molecule has 0 saturated carbocycles. The molecule has 1 unspecified atom stereocenters. The minimum Gasteiger partial charge on any atom is -0.364 e. The van der Waals surface area contributed by atoms with E-state index in [-0.39, 0.29) is 18.1 Å². The first-order valence-corrected chi connectivity index (χ1v) is 6.34. The van der Waals surface area contributed by atoms with Gasteiger partial charge in [-0.3, -0.25) is 4.79 Å². The molecule has 2 atom stereocenters. The van der Waals surface area contributed by atoms with E-state index < -0.39 is 0 Å². The lowest BCUT2D eigenvalue weighted by molar-refractivity contribution is -0.146. The van der Waals surface area contributed by atoms with Gasteiger partial charge in [0.25, 0.3) is 5.91 Å². The first-order chi connectivity index (χ1) is 7.69. The van der Waals surface area contributed by atoms with E-state index in [1.54, 1.807) is 0 Å². The largest absolute Gasteiger partial charge is 0.364 e. The number of ether oxygens (including phenoxy) is 1. The summed E-state index contributed by atoms with van der Waals surface area (Å²) in [5, 5.41) is 3.29. The summed E-state index contributed by atoms with van der Waals surface area (Å²) in [6.07, 6.45) is 2.08.